The van der Waals surface area contributed by atoms with Crippen molar-refractivity contribution in [2.75, 3.05) is 0 Å². The number of aromatic nitrogens is 2. The van der Waals surface area contributed by atoms with E-state index in [1.165, 1.54) is 29.4 Å². The molecular weight excluding hydrogens is 228 g/mol. The Bertz CT molecular complexity index is 565. The predicted octanol–water partition coefficient (Wildman–Crippen LogP) is 4.76. The van der Waals surface area contributed by atoms with Crippen LogP contribution in [-0.4, -0.2) is 9.55 Å². The highest BCUT2D eigenvalue weighted by molar-refractivity contribution is 7.71. The van der Waals surface area contributed by atoms with Crippen molar-refractivity contribution in [2.45, 2.75) is 46.1 Å². The van der Waals surface area contributed by atoms with Crippen LogP contribution in [0.1, 0.15) is 44.7 Å². The molecule has 0 spiro atoms. The molecule has 1 unspecified atom stereocenters. The minimum absolute atomic E-state index is 0.517. The number of aryl methyl sites for hydroxylation is 1. The molecular formula is C14H20N2S. The summed E-state index contributed by atoms with van der Waals surface area (Å²) in [5.41, 5.74) is 3.70. The maximum atomic E-state index is 5.48. The maximum absolute atomic E-state index is 5.48. The van der Waals surface area contributed by atoms with E-state index in [1.54, 1.807) is 0 Å². The van der Waals surface area contributed by atoms with Crippen LogP contribution >= 0.6 is 12.2 Å². The summed E-state index contributed by atoms with van der Waals surface area (Å²) < 4.78 is 3.15. The van der Waals surface area contributed by atoms with Gasteiger partial charge in [0, 0.05) is 6.04 Å². The van der Waals surface area contributed by atoms with Crippen LogP contribution in [0.15, 0.2) is 18.2 Å². The highest BCUT2D eigenvalue weighted by Crippen LogP contribution is 2.26. The minimum atomic E-state index is 0.517. The zero-order valence-corrected chi connectivity index (χ0v) is 11.6. The monoisotopic (exact) mass is 248 g/mol. The largest absolute Gasteiger partial charge is 0.330 e. The first kappa shape index (κ1) is 12.4. The fourth-order valence-electron chi connectivity index (χ4n) is 2.50. The number of nitrogens with one attached hydrogen (secondary N) is 1. The molecule has 0 fully saturated rings. The average Bonchev–Trinajstić information content (AvgIpc) is 2.64. The molecule has 2 aromatic rings. The van der Waals surface area contributed by atoms with Crippen molar-refractivity contribution in [1.82, 2.24) is 9.55 Å². The zero-order valence-electron chi connectivity index (χ0n) is 10.8. The van der Waals surface area contributed by atoms with E-state index in [4.69, 9.17) is 12.2 Å². The van der Waals surface area contributed by atoms with Gasteiger partial charge in [0.15, 0.2) is 4.77 Å². The SMILES string of the molecule is CCCC(CC)n1c(=S)[nH]c2c(C)cccc21. The van der Waals surface area contributed by atoms with E-state index in [2.05, 4.69) is 48.5 Å². The predicted molar refractivity (Wildman–Crippen MR) is 76.1 cm³/mol. The molecule has 1 atom stereocenters. The van der Waals surface area contributed by atoms with Gasteiger partial charge in [-0.1, -0.05) is 32.4 Å². The fourth-order valence-corrected chi connectivity index (χ4v) is 2.85. The van der Waals surface area contributed by atoms with Crippen molar-refractivity contribution in [3.63, 3.8) is 0 Å². The van der Waals surface area contributed by atoms with Gasteiger partial charge in [-0.3, -0.25) is 0 Å². The van der Waals surface area contributed by atoms with E-state index >= 15 is 0 Å². The molecule has 0 saturated heterocycles. The lowest BCUT2D eigenvalue weighted by Crippen LogP contribution is -2.07. The quantitative estimate of drug-likeness (QED) is 0.774. The number of hydrogen-bond acceptors (Lipinski definition) is 1. The summed E-state index contributed by atoms with van der Waals surface area (Å²) in [6.45, 7) is 6.59. The minimum Gasteiger partial charge on any atom is -0.330 e. The Balaban J connectivity index is 2.64. The van der Waals surface area contributed by atoms with Crippen LogP contribution in [0.4, 0.5) is 0 Å². The molecule has 0 radical (unpaired) electrons. The van der Waals surface area contributed by atoms with Gasteiger partial charge in [-0.2, -0.15) is 0 Å². The molecule has 1 aromatic heterocycles. The van der Waals surface area contributed by atoms with Crippen molar-refractivity contribution in [3.05, 3.63) is 28.5 Å². The van der Waals surface area contributed by atoms with Gasteiger partial charge in [0.2, 0.25) is 0 Å². The van der Waals surface area contributed by atoms with Gasteiger partial charge in [-0.05, 0) is 43.6 Å². The van der Waals surface area contributed by atoms with E-state index in [1.807, 2.05) is 0 Å². The number of benzene rings is 1. The van der Waals surface area contributed by atoms with Crippen LogP contribution in [0, 0.1) is 11.7 Å². The highest BCUT2D eigenvalue weighted by Gasteiger charge is 2.13. The Morgan fingerprint density at radius 2 is 2.12 bits per heavy atom. The first-order chi connectivity index (χ1) is 8.19. The lowest BCUT2D eigenvalue weighted by molar-refractivity contribution is 0.454. The molecule has 2 rings (SSSR count). The van der Waals surface area contributed by atoms with Gasteiger partial charge in [-0.25, -0.2) is 0 Å². The number of para-hydroxylation sites is 1. The Kier molecular flexibility index (Phi) is 3.67. The highest BCUT2D eigenvalue weighted by atomic mass is 32.1. The van der Waals surface area contributed by atoms with Crippen molar-refractivity contribution < 1.29 is 0 Å². The average molecular weight is 248 g/mol. The number of nitrogens with zero attached hydrogens (tertiary/aromatic N) is 1. The Hall–Kier alpha value is -1.09. The maximum Gasteiger partial charge on any atom is 0.178 e. The number of rotatable bonds is 4. The second kappa shape index (κ2) is 5.05. The molecule has 0 aliphatic carbocycles. The van der Waals surface area contributed by atoms with Gasteiger partial charge in [0.05, 0.1) is 11.0 Å². The first-order valence-electron chi connectivity index (χ1n) is 6.38. The van der Waals surface area contributed by atoms with Gasteiger partial charge >= 0.3 is 0 Å². The number of imidazole rings is 1. The normalized spacial score (nSPS) is 13.1. The van der Waals surface area contributed by atoms with Crippen molar-refractivity contribution >= 4 is 23.3 Å². The molecule has 3 heteroatoms. The molecule has 92 valence electrons. The Labute approximate surface area is 108 Å². The van der Waals surface area contributed by atoms with E-state index < -0.39 is 0 Å². The summed E-state index contributed by atoms with van der Waals surface area (Å²) in [5, 5.41) is 0. The van der Waals surface area contributed by atoms with Gasteiger partial charge in [-0.15, -0.1) is 0 Å². The van der Waals surface area contributed by atoms with Crippen molar-refractivity contribution in [1.29, 1.82) is 0 Å². The second-order valence-electron chi connectivity index (χ2n) is 4.62. The van der Waals surface area contributed by atoms with Gasteiger partial charge in [0.25, 0.3) is 0 Å². The third kappa shape index (κ3) is 2.16. The number of hydrogen-bond donors (Lipinski definition) is 1. The van der Waals surface area contributed by atoms with Gasteiger partial charge in [0.1, 0.15) is 0 Å². The summed E-state index contributed by atoms with van der Waals surface area (Å²) in [6, 6.07) is 6.91. The number of fused-ring (bicyclic) bond motifs is 1. The van der Waals surface area contributed by atoms with E-state index in [-0.39, 0.29) is 0 Å². The molecule has 0 bridgehead atoms. The standard InChI is InChI=1S/C14H20N2S/c1-4-7-11(5-2)16-12-9-6-8-10(3)13(12)15-14(16)17/h6,8-9,11H,4-5,7H2,1-3H3,(H,15,17). The van der Waals surface area contributed by atoms with Crippen LogP contribution in [-0.2, 0) is 0 Å². The van der Waals surface area contributed by atoms with Crippen LogP contribution in [0.25, 0.3) is 11.0 Å². The third-order valence-electron chi connectivity index (χ3n) is 3.42. The summed E-state index contributed by atoms with van der Waals surface area (Å²) in [6.07, 6.45) is 3.51. The smallest absolute Gasteiger partial charge is 0.178 e. The van der Waals surface area contributed by atoms with Crippen LogP contribution in [0.3, 0.4) is 0 Å². The van der Waals surface area contributed by atoms with E-state index in [9.17, 15) is 0 Å². The topological polar surface area (TPSA) is 20.7 Å². The van der Waals surface area contributed by atoms with Crippen LogP contribution in [0.2, 0.25) is 0 Å². The molecule has 1 N–H and O–H groups in total. The van der Waals surface area contributed by atoms with E-state index in [0.717, 1.165) is 11.2 Å². The summed E-state index contributed by atoms with van der Waals surface area (Å²) in [7, 11) is 0. The van der Waals surface area contributed by atoms with Crippen molar-refractivity contribution in [2.24, 2.45) is 0 Å². The molecule has 17 heavy (non-hydrogen) atoms. The summed E-state index contributed by atoms with van der Waals surface area (Å²) >= 11 is 5.48. The Morgan fingerprint density at radius 3 is 2.76 bits per heavy atom. The molecule has 0 saturated carbocycles. The summed E-state index contributed by atoms with van der Waals surface area (Å²) in [5.74, 6) is 0. The van der Waals surface area contributed by atoms with Crippen LogP contribution in [0.5, 0.6) is 0 Å². The molecule has 1 aromatic carbocycles. The molecule has 0 amide bonds. The fraction of sp³-hybridized carbons (Fsp3) is 0.500. The number of H-pyrrole nitrogens is 1. The molecule has 0 aliphatic heterocycles. The first-order valence-corrected chi connectivity index (χ1v) is 6.79. The van der Waals surface area contributed by atoms with E-state index in [0.29, 0.717) is 6.04 Å². The molecule has 2 nitrogen and oxygen atoms in total. The lowest BCUT2D eigenvalue weighted by Gasteiger charge is -2.17. The van der Waals surface area contributed by atoms with Crippen molar-refractivity contribution in [3.8, 4) is 0 Å². The zero-order chi connectivity index (χ0) is 12.4. The number of aromatic amines is 1. The summed E-state index contributed by atoms with van der Waals surface area (Å²) in [4.78, 5) is 3.35. The lowest BCUT2D eigenvalue weighted by atomic mass is 10.1. The second-order valence-corrected chi connectivity index (χ2v) is 5.01. The molecule has 1 heterocycles. The van der Waals surface area contributed by atoms with Gasteiger partial charge < -0.3 is 9.55 Å². The Morgan fingerprint density at radius 1 is 1.35 bits per heavy atom. The van der Waals surface area contributed by atoms with Crippen LogP contribution < -0.4 is 0 Å². The molecule has 0 aliphatic rings. The third-order valence-corrected chi connectivity index (χ3v) is 3.72.